The molecule has 28 heteroatoms. The molecule has 472 valence electrons. The van der Waals surface area contributed by atoms with E-state index in [4.69, 9.17) is 96.6 Å². The summed E-state index contributed by atoms with van der Waals surface area (Å²) in [5, 5.41) is 34.3. The maximum Gasteiger partial charge on any atom is 0.258 e. The van der Waals surface area contributed by atoms with Gasteiger partial charge in [-0.1, -0.05) is 106 Å². The second kappa shape index (κ2) is 32.6. The molecule has 1 fully saturated rings. The molecule has 0 spiro atoms. The van der Waals surface area contributed by atoms with E-state index in [0.717, 1.165) is 0 Å². The molecule has 1 aliphatic rings. The molecule has 0 bridgehead atoms. The van der Waals surface area contributed by atoms with Gasteiger partial charge in [-0.05, 0) is 127 Å². The summed E-state index contributed by atoms with van der Waals surface area (Å²) in [6, 6.07) is 42.8. The van der Waals surface area contributed by atoms with Gasteiger partial charge in [0.05, 0.1) is 62.0 Å². The van der Waals surface area contributed by atoms with Crippen LogP contribution in [-0.4, -0.2) is 106 Å². The SMILES string of the molecule is CN=C(N)c1ccc(C(=O)Nc2ccc(Cl)cc2C(=O)Nc2ccc(Cl)cn2)cc1.N=C(N)c1ccc(C(=O)Nc2ccc(Cl)cc2C(=O)Nc2ccc(Cl)cn2)cc1.N=C(c1ccc(C(=O)Nc2ccc(Cl)cc2C(=O)Nc2ccc(Cl)cn2)cc1)N1CCOCC1. The number of nitrogens with zero attached hydrogens (tertiary/aromatic N) is 5. The van der Waals surface area contributed by atoms with Crippen LogP contribution in [0.25, 0.3) is 0 Å². The standard InChI is InChI=1S/C24H21Cl2N5O3.C21H17Cl2N5O2.C20H15Cl2N5O2/c25-17-5-7-20(19(13-17)24(33)30-21-8-6-18(26)14-28-21)29-23(32)16-3-1-15(2-4-16)22(27)31-9-11-34-12-10-31;1-25-19(24)12-2-4-13(5-3-12)20(29)27-17-8-6-14(22)10-16(17)21(30)28-18-9-7-15(23)11-26-18;21-13-5-7-16(26-19(28)12-3-1-11(2-4-12)18(23)24)15(9-13)20(29)27-17-8-6-14(22)10-25-17/h1-8,13-14,27H,9-12H2,(H,29,32)(H,28,30,33);2-11H,1H3,(H2,24,25)(H,27,29)(H,26,28,30);1-10H,(H3,23,24)(H,26,28)(H,25,27,29). The Hall–Kier alpha value is -10.3. The number of amides is 6. The van der Waals surface area contributed by atoms with Gasteiger partial charge in [-0.15, -0.1) is 0 Å². The van der Waals surface area contributed by atoms with Crippen LogP contribution in [0, 0.1) is 10.8 Å². The van der Waals surface area contributed by atoms with Gasteiger partial charge in [0, 0.05) is 87.2 Å². The van der Waals surface area contributed by atoms with Crippen LogP contribution in [0.2, 0.25) is 30.1 Å². The maximum atomic E-state index is 12.9. The molecule has 3 aromatic heterocycles. The summed E-state index contributed by atoms with van der Waals surface area (Å²) < 4.78 is 5.33. The number of hydrogen-bond acceptors (Lipinski definition) is 13. The summed E-state index contributed by atoms with van der Waals surface area (Å²) in [6.45, 7) is 2.50. The van der Waals surface area contributed by atoms with Gasteiger partial charge in [-0.3, -0.25) is 44.6 Å². The van der Waals surface area contributed by atoms with E-state index in [2.05, 4.69) is 51.8 Å². The Morgan fingerprint density at radius 1 is 0.409 bits per heavy atom. The molecule has 12 N–H and O–H groups in total. The lowest BCUT2D eigenvalue weighted by molar-refractivity contribution is 0.0680. The summed E-state index contributed by atoms with van der Waals surface area (Å²) in [6.07, 6.45) is 4.24. The zero-order chi connectivity index (χ0) is 66.7. The van der Waals surface area contributed by atoms with Crippen molar-refractivity contribution in [1.82, 2.24) is 19.9 Å². The fourth-order valence-corrected chi connectivity index (χ4v) is 9.25. The summed E-state index contributed by atoms with van der Waals surface area (Å²) in [4.78, 5) is 94.3. The quantitative estimate of drug-likeness (QED) is 0.0337. The third-order valence-electron chi connectivity index (χ3n) is 13.2. The lowest BCUT2D eigenvalue weighted by Gasteiger charge is -2.29. The molecule has 1 saturated heterocycles. The molecule has 0 atom stereocenters. The molecule has 0 saturated carbocycles. The van der Waals surface area contributed by atoms with E-state index in [1.165, 1.54) is 42.9 Å². The summed E-state index contributed by atoms with van der Waals surface area (Å²) >= 11 is 35.6. The topological polar surface area (TPSA) is 338 Å². The van der Waals surface area contributed by atoms with Crippen LogP contribution in [-0.2, 0) is 4.74 Å². The van der Waals surface area contributed by atoms with Crippen molar-refractivity contribution >= 4 is 157 Å². The number of carbonyl (C=O) groups excluding carboxylic acids is 6. The molecule has 0 unspecified atom stereocenters. The molecule has 0 aliphatic carbocycles. The number of morpholine rings is 1. The van der Waals surface area contributed by atoms with Crippen molar-refractivity contribution in [2.45, 2.75) is 0 Å². The third-order valence-corrected chi connectivity index (χ3v) is 14.6. The molecular weight excluding hydrogens is 1320 g/mol. The number of anilines is 6. The van der Waals surface area contributed by atoms with Crippen LogP contribution in [0.1, 0.15) is 78.8 Å². The Morgan fingerprint density at radius 3 is 1.01 bits per heavy atom. The summed E-state index contributed by atoms with van der Waals surface area (Å²) in [5.41, 5.74) is 15.6. The highest BCUT2D eigenvalue weighted by Crippen LogP contribution is 2.27. The number of halogens is 6. The lowest BCUT2D eigenvalue weighted by atomic mass is 10.1. The van der Waals surface area contributed by atoms with E-state index in [9.17, 15) is 28.8 Å². The van der Waals surface area contributed by atoms with Crippen molar-refractivity contribution in [3.8, 4) is 0 Å². The number of nitrogen functional groups attached to an aromatic ring is 1. The molecule has 22 nitrogen and oxygen atoms in total. The van der Waals surface area contributed by atoms with Gasteiger partial charge >= 0.3 is 0 Å². The van der Waals surface area contributed by atoms with Gasteiger partial charge in [0.25, 0.3) is 35.4 Å². The number of nitrogens with two attached hydrogens (primary N) is 2. The lowest BCUT2D eigenvalue weighted by Crippen LogP contribution is -2.40. The monoisotopic (exact) mass is 1370 g/mol. The maximum absolute atomic E-state index is 12.9. The fraction of sp³-hybridized carbons (Fsp3) is 0.0769. The molecule has 1 aliphatic heterocycles. The average molecular weight is 1370 g/mol. The Kier molecular flexibility index (Phi) is 24.1. The minimum Gasteiger partial charge on any atom is -0.384 e. The molecule has 4 heterocycles. The number of aliphatic imine (C=N–C) groups is 1. The molecule has 9 aromatic rings. The summed E-state index contributed by atoms with van der Waals surface area (Å²) in [7, 11) is 1.59. The van der Waals surface area contributed by atoms with Crippen molar-refractivity contribution in [3.63, 3.8) is 0 Å². The molecule has 6 aromatic carbocycles. The Bertz CT molecular complexity index is 4280. The minimum atomic E-state index is -0.496. The van der Waals surface area contributed by atoms with Gasteiger partial charge in [-0.25, -0.2) is 15.0 Å². The predicted octanol–water partition coefficient (Wildman–Crippen LogP) is 13.0. The van der Waals surface area contributed by atoms with Crippen LogP contribution < -0.4 is 43.4 Å². The first-order valence-electron chi connectivity index (χ1n) is 27.5. The Balaban J connectivity index is 0.000000180. The molecule has 10 rings (SSSR count). The number of aromatic nitrogens is 3. The fourth-order valence-electron chi connectivity index (χ4n) is 8.40. The van der Waals surface area contributed by atoms with Gasteiger partial charge in [-0.2, -0.15) is 0 Å². The number of ether oxygens (including phenoxy) is 1. The number of hydrogen-bond donors (Lipinski definition) is 10. The zero-order valence-corrected chi connectivity index (χ0v) is 53.2. The number of benzene rings is 6. The third kappa shape index (κ3) is 19.6. The normalized spacial score (nSPS) is 11.6. The first-order chi connectivity index (χ1) is 44.6. The number of amidine groups is 3. The number of carbonyl (C=O) groups is 6. The van der Waals surface area contributed by atoms with E-state index < -0.39 is 35.4 Å². The van der Waals surface area contributed by atoms with Gasteiger partial charge in [0.2, 0.25) is 0 Å². The smallest absolute Gasteiger partial charge is 0.258 e. The van der Waals surface area contributed by atoms with E-state index >= 15 is 0 Å². The van der Waals surface area contributed by atoms with Crippen molar-refractivity contribution in [1.29, 1.82) is 10.8 Å². The average Bonchev–Trinajstić information content (AvgIpc) is 1.01. The van der Waals surface area contributed by atoms with Gasteiger partial charge in [0.15, 0.2) is 0 Å². The first kappa shape index (κ1) is 68.6. The van der Waals surface area contributed by atoms with Crippen LogP contribution >= 0.6 is 69.6 Å². The van der Waals surface area contributed by atoms with Crippen LogP contribution in [0.3, 0.4) is 0 Å². The molecular formula is C65H53Cl6N15O7. The first-order valence-corrected chi connectivity index (χ1v) is 29.8. The van der Waals surface area contributed by atoms with E-state index in [-0.39, 0.29) is 28.2 Å². The van der Waals surface area contributed by atoms with Gasteiger partial charge < -0.3 is 53.0 Å². The molecule has 6 amide bonds. The van der Waals surface area contributed by atoms with Crippen molar-refractivity contribution in [2.24, 2.45) is 16.5 Å². The minimum absolute atomic E-state index is 0.0931. The van der Waals surface area contributed by atoms with Gasteiger partial charge in [0.1, 0.15) is 35.0 Å². The number of pyridine rings is 3. The Morgan fingerprint density at radius 2 is 0.710 bits per heavy atom. The summed E-state index contributed by atoms with van der Waals surface area (Å²) in [5.74, 6) is -1.09. The van der Waals surface area contributed by atoms with Crippen molar-refractivity contribution in [2.75, 3.05) is 65.3 Å². The highest BCUT2D eigenvalue weighted by Gasteiger charge is 2.21. The number of nitrogens with one attached hydrogen (secondary N) is 8. The van der Waals surface area contributed by atoms with Crippen LogP contribution in [0.4, 0.5) is 34.5 Å². The predicted molar refractivity (Wildman–Crippen MR) is 366 cm³/mol. The second-order valence-electron chi connectivity index (χ2n) is 19.6. The Labute approximate surface area is 562 Å². The molecule has 0 radical (unpaired) electrons. The zero-order valence-electron chi connectivity index (χ0n) is 48.7. The number of rotatable bonds is 15. The highest BCUT2D eigenvalue weighted by molar-refractivity contribution is 6.33. The molecule has 93 heavy (non-hydrogen) atoms. The van der Waals surface area contributed by atoms with Crippen molar-refractivity contribution < 1.29 is 33.5 Å². The van der Waals surface area contributed by atoms with E-state index in [1.54, 1.807) is 147 Å². The van der Waals surface area contributed by atoms with Crippen LogP contribution in [0.5, 0.6) is 0 Å². The van der Waals surface area contributed by atoms with E-state index in [1.807, 2.05) is 4.90 Å². The van der Waals surface area contributed by atoms with E-state index in [0.29, 0.717) is 130 Å². The highest BCUT2D eigenvalue weighted by atomic mass is 35.5. The second-order valence-corrected chi connectivity index (χ2v) is 22.2. The van der Waals surface area contributed by atoms with Crippen molar-refractivity contribution in [3.05, 3.63) is 263 Å². The van der Waals surface area contributed by atoms with Crippen LogP contribution in [0.15, 0.2) is 187 Å². The largest absolute Gasteiger partial charge is 0.384 e.